The van der Waals surface area contributed by atoms with Gasteiger partial charge in [-0.2, -0.15) is 0 Å². The molecule has 0 spiro atoms. The van der Waals surface area contributed by atoms with E-state index in [4.69, 9.17) is 0 Å². The zero-order valence-electron chi connectivity index (χ0n) is 15.5. The van der Waals surface area contributed by atoms with Gasteiger partial charge in [-0.1, -0.05) is 36.4 Å². The largest absolute Gasteiger partial charge is 0.322 e. The fraction of sp³-hybridized carbons (Fsp3) is 0.0952. The molecule has 0 aliphatic carbocycles. The van der Waals surface area contributed by atoms with Crippen molar-refractivity contribution in [3.63, 3.8) is 0 Å². The van der Waals surface area contributed by atoms with Gasteiger partial charge in [0.1, 0.15) is 4.90 Å². The Bertz CT molecular complexity index is 1080. The molecular formula is C21H20N2O3S2. The van der Waals surface area contributed by atoms with Crippen LogP contribution in [0, 0.1) is 0 Å². The molecule has 28 heavy (non-hydrogen) atoms. The molecule has 3 rings (SSSR count). The normalized spacial score (nSPS) is 11.1. The van der Waals surface area contributed by atoms with E-state index in [1.165, 1.54) is 23.5 Å². The van der Waals surface area contributed by atoms with Crippen LogP contribution in [0.25, 0.3) is 0 Å². The van der Waals surface area contributed by atoms with E-state index in [0.29, 0.717) is 11.4 Å². The second-order valence-electron chi connectivity index (χ2n) is 5.99. The lowest BCUT2D eigenvalue weighted by molar-refractivity contribution is 0.102. The Labute approximate surface area is 169 Å². The molecule has 0 aliphatic rings. The molecule has 144 valence electrons. The van der Waals surface area contributed by atoms with Gasteiger partial charge in [-0.05, 0) is 48.7 Å². The number of sulfonamides is 1. The summed E-state index contributed by atoms with van der Waals surface area (Å²) in [5.74, 6) is -0.473. The highest BCUT2D eigenvalue weighted by Gasteiger charge is 2.26. The molecule has 0 aliphatic heterocycles. The van der Waals surface area contributed by atoms with Crippen molar-refractivity contribution in [2.24, 2.45) is 0 Å². The van der Waals surface area contributed by atoms with Gasteiger partial charge in [-0.3, -0.25) is 9.10 Å². The Kier molecular flexibility index (Phi) is 6.06. The smallest absolute Gasteiger partial charge is 0.264 e. The lowest BCUT2D eigenvalue weighted by Crippen LogP contribution is -2.28. The Hall–Kier alpha value is -2.77. The third-order valence-corrected chi connectivity index (χ3v) is 6.79. The molecule has 1 amide bonds. The molecule has 0 fully saturated rings. The number of rotatable bonds is 6. The number of carbonyl (C=O) groups excluding carboxylic acids is 1. The summed E-state index contributed by atoms with van der Waals surface area (Å²) < 4.78 is 27.5. The maximum atomic E-state index is 13.2. The van der Waals surface area contributed by atoms with Gasteiger partial charge in [0.25, 0.3) is 15.9 Å². The molecule has 0 saturated carbocycles. The molecule has 0 saturated heterocycles. The third kappa shape index (κ3) is 4.21. The van der Waals surface area contributed by atoms with E-state index in [1.54, 1.807) is 54.2 Å². The molecule has 0 unspecified atom stereocenters. The minimum absolute atomic E-state index is 0.0418. The average Bonchev–Trinajstić information content (AvgIpc) is 2.74. The summed E-state index contributed by atoms with van der Waals surface area (Å²) in [4.78, 5) is 13.8. The topological polar surface area (TPSA) is 66.5 Å². The zero-order chi connectivity index (χ0) is 20.1. The molecule has 0 heterocycles. The maximum absolute atomic E-state index is 13.2. The van der Waals surface area contributed by atoms with E-state index in [9.17, 15) is 13.2 Å². The zero-order valence-corrected chi connectivity index (χ0v) is 17.1. The average molecular weight is 413 g/mol. The first kappa shape index (κ1) is 20.0. The summed E-state index contributed by atoms with van der Waals surface area (Å²) in [5, 5.41) is 2.79. The SMILES string of the molecule is CSc1cccc(NC(=O)c2ccccc2S(=O)(=O)N(C)c2ccccc2)c1. The van der Waals surface area contributed by atoms with Crippen LogP contribution in [-0.2, 0) is 10.0 Å². The highest BCUT2D eigenvalue weighted by molar-refractivity contribution is 7.98. The number of hydrogen-bond acceptors (Lipinski definition) is 4. The second kappa shape index (κ2) is 8.50. The summed E-state index contributed by atoms with van der Waals surface area (Å²) in [7, 11) is -2.43. The van der Waals surface area contributed by atoms with Crippen LogP contribution in [0.15, 0.2) is 88.7 Å². The van der Waals surface area contributed by atoms with E-state index < -0.39 is 15.9 Å². The number of amides is 1. The van der Waals surface area contributed by atoms with E-state index in [2.05, 4.69) is 5.32 Å². The van der Waals surface area contributed by atoms with E-state index in [1.807, 2.05) is 30.5 Å². The van der Waals surface area contributed by atoms with Crippen molar-refractivity contribution in [2.75, 3.05) is 22.9 Å². The fourth-order valence-corrected chi connectivity index (χ4v) is 4.55. The van der Waals surface area contributed by atoms with Crippen molar-refractivity contribution in [3.8, 4) is 0 Å². The van der Waals surface area contributed by atoms with Gasteiger partial charge in [-0.25, -0.2) is 8.42 Å². The van der Waals surface area contributed by atoms with Gasteiger partial charge in [0.2, 0.25) is 0 Å². The van der Waals surface area contributed by atoms with Gasteiger partial charge in [-0.15, -0.1) is 11.8 Å². The Morgan fingerprint density at radius 1 is 0.929 bits per heavy atom. The van der Waals surface area contributed by atoms with Gasteiger partial charge in [0.05, 0.1) is 11.3 Å². The first-order valence-corrected chi connectivity index (χ1v) is 11.2. The molecule has 0 radical (unpaired) electrons. The third-order valence-electron chi connectivity index (χ3n) is 4.22. The summed E-state index contributed by atoms with van der Waals surface area (Å²) >= 11 is 1.56. The predicted octanol–water partition coefficient (Wildman–Crippen LogP) is 4.49. The molecule has 5 nitrogen and oxygen atoms in total. The first-order chi connectivity index (χ1) is 13.4. The lowest BCUT2D eigenvalue weighted by atomic mass is 10.2. The molecular weight excluding hydrogens is 392 g/mol. The van der Waals surface area contributed by atoms with Crippen molar-refractivity contribution in [1.82, 2.24) is 0 Å². The first-order valence-electron chi connectivity index (χ1n) is 8.52. The highest BCUT2D eigenvalue weighted by Crippen LogP contribution is 2.25. The van der Waals surface area contributed by atoms with Gasteiger partial charge >= 0.3 is 0 Å². The highest BCUT2D eigenvalue weighted by atomic mass is 32.2. The predicted molar refractivity (Wildman–Crippen MR) is 115 cm³/mol. The van der Waals surface area contributed by atoms with Crippen LogP contribution in [-0.4, -0.2) is 27.6 Å². The van der Waals surface area contributed by atoms with Crippen LogP contribution in [0.3, 0.4) is 0 Å². The van der Waals surface area contributed by atoms with Crippen molar-refractivity contribution in [3.05, 3.63) is 84.4 Å². The van der Waals surface area contributed by atoms with Crippen molar-refractivity contribution >= 4 is 39.1 Å². The quantitative estimate of drug-likeness (QED) is 0.606. The number of hydrogen-bond donors (Lipinski definition) is 1. The molecule has 3 aromatic carbocycles. The molecule has 0 bridgehead atoms. The van der Waals surface area contributed by atoms with Crippen molar-refractivity contribution in [2.45, 2.75) is 9.79 Å². The minimum Gasteiger partial charge on any atom is -0.322 e. The fourth-order valence-electron chi connectivity index (χ4n) is 2.70. The van der Waals surface area contributed by atoms with Crippen molar-refractivity contribution in [1.29, 1.82) is 0 Å². The van der Waals surface area contributed by atoms with E-state index in [-0.39, 0.29) is 10.5 Å². The van der Waals surface area contributed by atoms with Gasteiger partial charge in [0, 0.05) is 17.6 Å². The summed E-state index contributed by atoms with van der Waals surface area (Å²) in [5.41, 5.74) is 1.23. The Morgan fingerprint density at radius 3 is 2.32 bits per heavy atom. The van der Waals surface area contributed by atoms with Crippen LogP contribution < -0.4 is 9.62 Å². The summed E-state index contributed by atoms with van der Waals surface area (Å²) in [6.45, 7) is 0. The van der Waals surface area contributed by atoms with Crippen LogP contribution in [0.1, 0.15) is 10.4 Å². The maximum Gasteiger partial charge on any atom is 0.264 e. The lowest BCUT2D eigenvalue weighted by Gasteiger charge is -2.21. The number of para-hydroxylation sites is 1. The molecule has 1 N–H and O–H groups in total. The molecule has 7 heteroatoms. The second-order valence-corrected chi connectivity index (χ2v) is 8.81. The molecule has 0 atom stereocenters. The number of anilines is 2. The number of benzene rings is 3. The van der Waals surface area contributed by atoms with Crippen LogP contribution >= 0.6 is 11.8 Å². The number of carbonyl (C=O) groups is 1. The van der Waals surface area contributed by atoms with Gasteiger partial charge in [0.15, 0.2) is 0 Å². The summed E-state index contributed by atoms with van der Waals surface area (Å²) in [6, 6.07) is 22.3. The van der Waals surface area contributed by atoms with Crippen molar-refractivity contribution < 1.29 is 13.2 Å². The Balaban J connectivity index is 1.95. The number of thioether (sulfide) groups is 1. The molecule has 3 aromatic rings. The number of nitrogens with one attached hydrogen (secondary N) is 1. The van der Waals surface area contributed by atoms with E-state index in [0.717, 1.165) is 4.90 Å². The van der Waals surface area contributed by atoms with Gasteiger partial charge < -0.3 is 5.32 Å². The van der Waals surface area contributed by atoms with Crippen LogP contribution in [0.4, 0.5) is 11.4 Å². The minimum atomic E-state index is -3.90. The van der Waals surface area contributed by atoms with E-state index >= 15 is 0 Å². The Morgan fingerprint density at radius 2 is 1.61 bits per heavy atom. The monoisotopic (exact) mass is 412 g/mol. The number of nitrogens with zero attached hydrogens (tertiary/aromatic N) is 1. The van der Waals surface area contributed by atoms with Crippen LogP contribution in [0.5, 0.6) is 0 Å². The standard InChI is InChI=1S/C21H20N2O3S2/c1-23(17-10-4-3-5-11-17)28(25,26)20-14-7-6-13-19(20)21(24)22-16-9-8-12-18(15-16)27-2/h3-15H,1-2H3,(H,22,24). The molecule has 0 aromatic heterocycles. The summed E-state index contributed by atoms with van der Waals surface area (Å²) in [6.07, 6.45) is 1.95. The van der Waals surface area contributed by atoms with Crippen LogP contribution in [0.2, 0.25) is 0 Å².